The van der Waals surface area contributed by atoms with E-state index in [0.29, 0.717) is 13.0 Å². The summed E-state index contributed by atoms with van der Waals surface area (Å²) in [5, 5.41) is 12.4. The average Bonchev–Trinajstić information content (AvgIpc) is 2.87. The molecule has 2 rings (SSSR count). The average molecular weight is 375 g/mol. The van der Waals surface area contributed by atoms with Crippen LogP contribution in [0.1, 0.15) is 19.8 Å². The number of carbonyl (C=O) groups excluding carboxylic acids is 2. The molecule has 2 aliphatic rings. The van der Waals surface area contributed by atoms with E-state index in [4.69, 9.17) is 45.3 Å². The summed E-state index contributed by atoms with van der Waals surface area (Å²) >= 11 is 17.6. The molecule has 2 saturated heterocycles. The highest BCUT2D eigenvalue weighted by molar-refractivity contribution is 6.68. The van der Waals surface area contributed by atoms with Crippen molar-refractivity contribution in [2.45, 2.75) is 47.5 Å². The van der Waals surface area contributed by atoms with Gasteiger partial charge in [0.15, 0.2) is 0 Å². The van der Waals surface area contributed by atoms with Crippen LogP contribution in [0.5, 0.6) is 0 Å². The van der Waals surface area contributed by atoms with Gasteiger partial charge < -0.3 is 20.9 Å². The standard InChI is InChI=1S/C12H18Cl3N3O4/c1-6(19)7(8(16)20)17-5-11-3-2-4-18(11)9(12(13,14)15)22-10(11)21/h6-7,9,17,19H,2-5H2,1H3,(H2,16,20)/t6?,7?,9?,11-/m0/s1. The number of rotatable bonds is 5. The SMILES string of the molecule is CC(O)C(NC[C@]12CCCN1C(C(Cl)(Cl)Cl)OC2=O)C(N)=O. The molecule has 0 aliphatic carbocycles. The molecular formula is C12H18Cl3N3O4. The normalized spacial score (nSPS) is 31.7. The summed E-state index contributed by atoms with van der Waals surface area (Å²) in [6, 6.07) is -0.976. The number of halogens is 3. The van der Waals surface area contributed by atoms with Gasteiger partial charge in [0.2, 0.25) is 15.9 Å². The first-order chi connectivity index (χ1) is 10.1. The number of nitrogens with one attached hydrogen (secondary N) is 1. The number of amides is 1. The number of fused-ring (bicyclic) bond motifs is 1. The summed E-state index contributed by atoms with van der Waals surface area (Å²) in [6.07, 6.45) is -0.747. The minimum Gasteiger partial charge on any atom is -0.440 e. The van der Waals surface area contributed by atoms with Crippen molar-refractivity contribution in [1.82, 2.24) is 10.2 Å². The fraction of sp³-hybridized carbons (Fsp3) is 0.833. The summed E-state index contributed by atoms with van der Waals surface area (Å²) in [5.41, 5.74) is 4.22. The van der Waals surface area contributed by atoms with Crippen LogP contribution in [0.25, 0.3) is 0 Å². The number of primary amides is 1. The van der Waals surface area contributed by atoms with E-state index in [-0.39, 0.29) is 6.54 Å². The van der Waals surface area contributed by atoms with Crippen LogP contribution in [0.2, 0.25) is 0 Å². The number of hydrogen-bond acceptors (Lipinski definition) is 6. The van der Waals surface area contributed by atoms with Gasteiger partial charge in [-0.05, 0) is 19.8 Å². The molecule has 2 heterocycles. The lowest BCUT2D eigenvalue weighted by atomic mass is 9.96. The Bertz CT molecular complexity index is 471. The Morgan fingerprint density at radius 1 is 1.64 bits per heavy atom. The van der Waals surface area contributed by atoms with E-state index in [1.54, 1.807) is 4.90 Å². The molecule has 2 aliphatic heterocycles. The lowest BCUT2D eigenvalue weighted by Gasteiger charge is -2.33. The maximum Gasteiger partial charge on any atom is 0.329 e. The van der Waals surface area contributed by atoms with Crippen molar-refractivity contribution in [1.29, 1.82) is 0 Å². The monoisotopic (exact) mass is 373 g/mol. The summed E-state index contributed by atoms with van der Waals surface area (Å²) in [7, 11) is 0. The van der Waals surface area contributed by atoms with Crippen LogP contribution in [-0.2, 0) is 14.3 Å². The molecule has 10 heteroatoms. The molecule has 126 valence electrons. The number of nitrogens with two attached hydrogens (primary N) is 1. The number of aliphatic hydroxyl groups is 1. The lowest BCUT2D eigenvalue weighted by molar-refractivity contribution is -0.145. The number of carbonyl (C=O) groups is 2. The Morgan fingerprint density at radius 2 is 2.27 bits per heavy atom. The van der Waals surface area contributed by atoms with Crippen molar-refractivity contribution in [3.05, 3.63) is 0 Å². The Kier molecular flexibility index (Phi) is 5.16. The van der Waals surface area contributed by atoms with Crippen molar-refractivity contribution in [3.63, 3.8) is 0 Å². The van der Waals surface area contributed by atoms with Crippen LogP contribution < -0.4 is 11.1 Å². The maximum atomic E-state index is 12.3. The molecule has 22 heavy (non-hydrogen) atoms. The highest BCUT2D eigenvalue weighted by Crippen LogP contribution is 2.46. The van der Waals surface area contributed by atoms with Crippen LogP contribution in [0, 0.1) is 0 Å². The second-order valence-electron chi connectivity index (χ2n) is 5.63. The van der Waals surface area contributed by atoms with Crippen molar-refractivity contribution in [2.75, 3.05) is 13.1 Å². The number of aliphatic hydroxyl groups excluding tert-OH is 1. The zero-order valence-corrected chi connectivity index (χ0v) is 14.2. The molecule has 0 radical (unpaired) electrons. The van der Waals surface area contributed by atoms with Crippen LogP contribution in [-0.4, -0.2) is 62.7 Å². The molecule has 3 unspecified atom stereocenters. The number of esters is 1. The Labute approximate surface area is 143 Å². The summed E-state index contributed by atoms with van der Waals surface area (Å²) in [6.45, 7) is 2.03. The number of hydrogen-bond donors (Lipinski definition) is 3. The molecule has 0 saturated carbocycles. The van der Waals surface area contributed by atoms with E-state index in [1.807, 2.05) is 0 Å². The minimum absolute atomic E-state index is 0.0710. The van der Waals surface area contributed by atoms with E-state index in [9.17, 15) is 14.7 Å². The molecule has 0 spiro atoms. The Morgan fingerprint density at radius 3 is 2.77 bits per heavy atom. The van der Waals surface area contributed by atoms with E-state index < -0.39 is 39.6 Å². The van der Waals surface area contributed by atoms with E-state index in [2.05, 4.69) is 5.32 Å². The number of nitrogens with zero attached hydrogens (tertiary/aromatic N) is 1. The van der Waals surface area contributed by atoms with Gasteiger partial charge in [0.25, 0.3) is 0 Å². The first-order valence-corrected chi connectivity index (χ1v) is 7.98. The zero-order chi connectivity index (χ0) is 16.7. The third-order valence-electron chi connectivity index (χ3n) is 4.10. The largest absolute Gasteiger partial charge is 0.440 e. The number of ether oxygens (including phenoxy) is 1. The summed E-state index contributed by atoms with van der Waals surface area (Å²) < 4.78 is 3.45. The van der Waals surface area contributed by atoms with E-state index >= 15 is 0 Å². The Balaban J connectivity index is 2.17. The van der Waals surface area contributed by atoms with Crippen LogP contribution in [0.4, 0.5) is 0 Å². The highest BCUT2D eigenvalue weighted by atomic mass is 35.6. The molecule has 0 bridgehead atoms. The van der Waals surface area contributed by atoms with E-state index in [0.717, 1.165) is 6.42 Å². The molecule has 4 atom stereocenters. The van der Waals surface area contributed by atoms with Gasteiger partial charge in [0.05, 0.1) is 6.10 Å². The van der Waals surface area contributed by atoms with Crippen molar-refractivity contribution in [3.8, 4) is 0 Å². The number of alkyl halides is 3. The predicted octanol–water partition coefficient (Wildman–Crippen LogP) is -0.102. The fourth-order valence-electron chi connectivity index (χ4n) is 3.03. The topological polar surface area (TPSA) is 105 Å². The second-order valence-corrected chi connectivity index (χ2v) is 8.00. The Hall–Kier alpha value is -0.310. The van der Waals surface area contributed by atoms with Crippen molar-refractivity contribution >= 4 is 46.7 Å². The van der Waals surface area contributed by atoms with Gasteiger partial charge in [0, 0.05) is 13.1 Å². The smallest absolute Gasteiger partial charge is 0.329 e. The van der Waals surface area contributed by atoms with Gasteiger partial charge in [-0.3, -0.25) is 4.79 Å². The molecule has 1 amide bonds. The molecule has 4 N–H and O–H groups in total. The van der Waals surface area contributed by atoms with Gasteiger partial charge in [-0.1, -0.05) is 34.8 Å². The highest BCUT2D eigenvalue weighted by Gasteiger charge is 2.62. The van der Waals surface area contributed by atoms with Gasteiger partial charge in [-0.15, -0.1) is 0 Å². The zero-order valence-electron chi connectivity index (χ0n) is 11.9. The molecular weight excluding hydrogens is 357 g/mol. The lowest BCUT2D eigenvalue weighted by Crippen LogP contribution is -2.59. The number of cyclic esters (lactones) is 1. The molecule has 7 nitrogen and oxygen atoms in total. The molecule has 0 aromatic heterocycles. The second kappa shape index (κ2) is 6.30. The molecule has 0 aromatic carbocycles. The molecule has 0 aromatic rings. The minimum atomic E-state index is -1.77. The van der Waals surface area contributed by atoms with Gasteiger partial charge in [0.1, 0.15) is 11.6 Å². The maximum absolute atomic E-state index is 12.3. The van der Waals surface area contributed by atoms with Gasteiger partial charge in [-0.2, -0.15) is 0 Å². The van der Waals surface area contributed by atoms with Crippen LogP contribution in [0.15, 0.2) is 0 Å². The van der Waals surface area contributed by atoms with Gasteiger partial charge >= 0.3 is 5.97 Å². The molecule has 2 fully saturated rings. The fourth-order valence-corrected chi connectivity index (χ4v) is 3.52. The first kappa shape index (κ1) is 18.0. The first-order valence-electron chi connectivity index (χ1n) is 6.85. The quantitative estimate of drug-likeness (QED) is 0.458. The predicted molar refractivity (Wildman–Crippen MR) is 81.5 cm³/mol. The van der Waals surface area contributed by atoms with Crippen LogP contribution >= 0.6 is 34.8 Å². The van der Waals surface area contributed by atoms with Gasteiger partial charge in [-0.25, -0.2) is 9.69 Å². The van der Waals surface area contributed by atoms with Crippen molar-refractivity contribution in [2.24, 2.45) is 5.73 Å². The van der Waals surface area contributed by atoms with Crippen LogP contribution in [0.3, 0.4) is 0 Å². The summed E-state index contributed by atoms with van der Waals surface area (Å²) in [5.74, 6) is -1.22. The third kappa shape index (κ3) is 3.16. The summed E-state index contributed by atoms with van der Waals surface area (Å²) in [4.78, 5) is 25.4. The van der Waals surface area contributed by atoms with E-state index in [1.165, 1.54) is 6.92 Å². The van der Waals surface area contributed by atoms with Crippen molar-refractivity contribution < 1.29 is 19.4 Å². The third-order valence-corrected chi connectivity index (χ3v) is 4.66.